The zero-order chi connectivity index (χ0) is 19.9. The van der Waals surface area contributed by atoms with E-state index in [2.05, 4.69) is 10.3 Å². The predicted molar refractivity (Wildman–Crippen MR) is 104 cm³/mol. The van der Waals surface area contributed by atoms with Gasteiger partial charge in [-0.25, -0.2) is 4.39 Å². The lowest BCUT2D eigenvalue weighted by Crippen LogP contribution is -2.28. The summed E-state index contributed by atoms with van der Waals surface area (Å²) >= 11 is 0. The molecule has 0 spiro atoms. The summed E-state index contributed by atoms with van der Waals surface area (Å²) in [6.45, 7) is 0.496. The van der Waals surface area contributed by atoms with E-state index in [1.165, 1.54) is 24.4 Å². The number of hydrogen-bond acceptors (Lipinski definition) is 3. The van der Waals surface area contributed by atoms with E-state index in [-0.39, 0.29) is 24.0 Å². The zero-order valence-corrected chi connectivity index (χ0v) is 15.4. The summed E-state index contributed by atoms with van der Waals surface area (Å²) in [6.07, 6.45) is 1.42. The van der Waals surface area contributed by atoms with Crippen molar-refractivity contribution >= 4 is 11.8 Å². The topological polar surface area (TPSA) is 62.3 Å². The Morgan fingerprint density at radius 1 is 1.04 bits per heavy atom. The lowest BCUT2D eigenvalue weighted by molar-refractivity contribution is 0.0779. The van der Waals surface area contributed by atoms with Gasteiger partial charge in [-0.2, -0.15) is 0 Å². The van der Waals surface area contributed by atoms with Crippen LogP contribution in [0, 0.1) is 5.82 Å². The van der Waals surface area contributed by atoms with E-state index < -0.39 is 5.91 Å². The second-order valence-corrected chi connectivity index (χ2v) is 6.35. The van der Waals surface area contributed by atoms with E-state index in [4.69, 9.17) is 0 Å². The average Bonchev–Trinajstić information content (AvgIpc) is 2.73. The lowest BCUT2D eigenvalue weighted by atomic mass is 10.1. The highest BCUT2D eigenvalue weighted by molar-refractivity contribution is 5.98. The summed E-state index contributed by atoms with van der Waals surface area (Å²) in [5.74, 6) is -1.06. The summed E-state index contributed by atoms with van der Waals surface area (Å²) in [4.78, 5) is 30.6. The molecule has 0 aliphatic carbocycles. The number of benzene rings is 2. The van der Waals surface area contributed by atoms with Gasteiger partial charge in [-0.15, -0.1) is 0 Å². The van der Waals surface area contributed by atoms with E-state index in [1.54, 1.807) is 30.1 Å². The third-order valence-electron chi connectivity index (χ3n) is 4.25. The molecule has 0 unspecified atom stereocenters. The van der Waals surface area contributed by atoms with Crippen molar-refractivity contribution in [2.75, 3.05) is 7.05 Å². The van der Waals surface area contributed by atoms with Crippen molar-refractivity contribution in [2.24, 2.45) is 0 Å². The average molecular weight is 377 g/mol. The highest BCUT2D eigenvalue weighted by Gasteiger charge is 2.16. The number of nitrogens with zero attached hydrogens (tertiary/aromatic N) is 2. The SMILES string of the molecule is CN(Cc1ccccc1)C(=O)c1cc(C(=O)NCc2ccccc2F)ccn1. The smallest absolute Gasteiger partial charge is 0.272 e. The molecule has 28 heavy (non-hydrogen) atoms. The largest absolute Gasteiger partial charge is 0.348 e. The Morgan fingerprint density at radius 3 is 2.50 bits per heavy atom. The van der Waals surface area contributed by atoms with Gasteiger partial charge in [0.1, 0.15) is 11.5 Å². The third-order valence-corrected chi connectivity index (χ3v) is 4.25. The van der Waals surface area contributed by atoms with Crippen LogP contribution in [-0.2, 0) is 13.1 Å². The summed E-state index contributed by atoms with van der Waals surface area (Å²) in [6, 6.07) is 18.8. The first-order valence-electron chi connectivity index (χ1n) is 8.81. The Morgan fingerprint density at radius 2 is 1.75 bits per heavy atom. The molecule has 1 N–H and O–H groups in total. The monoisotopic (exact) mass is 377 g/mol. The molecule has 0 atom stereocenters. The highest BCUT2D eigenvalue weighted by atomic mass is 19.1. The first kappa shape index (κ1) is 19.2. The number of carbonyl (C=O) groups is 2. The Hall–Kier alpha value is -3.54. The summed E-state index contributed by atoms with van der Waals surface area (Å²) in [7, 11) is 1.68. The second-order valence-electron chi connectivity index (χ2n) is 6.35. The van der Waals surface area contributed by atoms with Crippen molar-refractivity contribution in [3.63, 3.8) is 0 Å². The van der Waals surface area contributed by atoms with Crippen molar-refractivity contribution < 1.29 is 14.0 Å². The Labute approximate surface area is 162 Å². The highest BCUT2D eigenvalue weighted by Crippen LogP contribution is 2.10. The third kappa shape index (κ3) is 4.79. The van der Waals surface area contributed by atoms with Gasteiger partial charge >= 0.3 is 0 Å². The van der Waals surface area contributed by atoms with Crippen LogP contribution < -0.4 is 5.32 Å². The first-order chi connectivity index (χ1) is 13.5. The Balaban J connectivity index is 1.66. The normalized spacial score (nSPS) is 10.4. The van der Waals surface area contributed by atoms with E-state index in [0.29, 0.717) is 17.7 Å². The molecule has 1 heterocycles. The number of aromatic nitrogens is 1. The number of halogens is 1. The van der Waals surface area contributed by atoms with Gasteiger partial charge in [-0.05, 0) is 23.8 Å². The van der Waals surface area contributed by atoms with Crippen LogP contribution in [0.25, 0.3) is 0 Å². The second kappa shape index (κ2) is 8.90. The van der Waals surface area contributed by atoms with Crippen LogP contribution in [0.15, 0.2) is 72.9 Å². The van der Waals surface area contributed by atoms with Crippen LogP contribution in [-0.4, -0.2) is 28.7 Å². The standard InChI is InChI=1S/C22H20FN3O2/c1-26(15-16-7-3-2-4-8-16)22(28)20-13-17(11-12-24-20)21(27)25-14-18-9-5-6-10-19(18)23/h2-13H,14-15H2,1H3,(H,25,27). The molecule has 1 aromatic heterocycles. The fraction of sp³-hybridized carbons (Fsp3) is 0.136. The minimum Gasteiger partial charge on any atom is -0.348 e. The van der Waals surface area contributed by atoms with Crippen molar-refractivity contribution in [1.29, 1.82) is 0 Å². The predicted octanol–water partition coefficient (Wildman–Crippen LogP) is 3.42. The van der Waals surface area contributed by atoms with Crippen molar-refractivity contribution in [1.82, 2.24) is 15.2 Å². The molecule has 2 amide bonds. The molecule has 0 bridgehead atoms. The van der Waals surface area contributed by atoms with E-state index in [1.807, 2.05) is 30.3 Å². The summed E-state index contributed by atoms with van der Waals surface area (Å²) in [5.41, 5.74) is 1.86. The van der Waals surface area contributed by atoms with Gasteiger partial charge in [0.2, 0.25) is 0 Å². The number of rotatable bonds is 6. The zero-order valence-electron chi connectivity index (χ0n) is 15.4. The van der Waals surface area contributed by atoms with Crippen molar-refractivity contribution in [3.05, 3.63) is 101 Å². The molecule has 2 aromatic carbocycles. The fourth-order valence-corrected chi connectivity index (χ4v) is 2.73. The molecule has 6 heteroatoms. The molecule has 3 rings (SSSR count). The van der Waals surface area contributed by atoms with Crippen molar-refractivity contribution in [3.8, 4) is 0 Å². The molecular formula is C22H20FN3O2. The van der Waals surface area contributed by atoms with Crippen LogP contribution >= 0.6 is 0 Å². The van der Waals surface area contributed by atoms with E-state index in [9.17, 15) is 14.0 Å². The number of hydrogen-bond donors (Lipinski definition) is 1. The van der Waals surface area contributed by atoms with E-state index in [0.717, 1.165) is 5.56 Å². The van der Waals surface area contributed by atoms with Gasteiger partial charge in [0, 0.05) is 37.5 Å². The minimum atomic E-state index is -0.398. The maximum Gasteiger partial charge on any atom is 0.272 e. The molecule has 142 valence electrons. The van der Waals surface area contributed by atoms with E-state index >= 15 is 0 Å². The van der Waals surface area contributed by atoms with Crippen LogP contribution in [0.1, 0.15) is 32.0 Å². The van der Waals surface area contributed by atoms with Crippen molar-refractivity contribution in [2.45, 2.75) is 13.1 Å². The van der Waals surface area contributed by atoms with Gasteiger partial charge in [0.15, 0.2) is 0 Å². The van der Waals surface area contributed by atoms with Gasteiger partial charge in [-0.3, -0.25) is 14.6 Å². The first-order valence-corrected chi connectivity index (χ1v) is 8.81. The number of amides is 2. The maximum absolute atomic E-state index is 13.7. The van der Waals surface area contributed by atoms with Gasteiger partial charge in [-0.1, -0.05) is 48.5 Å². The summed E-state index contributed by atoms with van der Waals surface area (Å²) in [5, 5.41) is 2.66. The molecule has 0 saturated heterocycles. The van der Waals surface area contributed by atoms with Crippen LogP contribution in [0.2, 0.25) is 0 Å². The molecule has 0 fully saturated rings. The van der Waals surface area contributed by atoms with Crippen LogP contribution in [0.4, 0.5) is 4.39 Å². The molecule has 0 radical (unpaired) electrons. The van der Waals surface area contributed by atoms with Gasteiger partial charge in [0.05, 0.1) is 0 Å². The Bertz CT molecular complexity index is 976. The van der Waals surface area contributed by atoms with Crippen LogP contribution in [0.3, 0.4) is 0 Å². The van der Waals surface area contributed by atoms with Crippen LogP contribution in [0.5, 0.6) is 0 Å². The molecule has 3 aromatic rings. The lowest BCUT2D eigenvalue weighted by Gasteiger charge is -2.17. The molecular weight excluding hydrogens is 357 g/mol. The quantitative estimate of drug-likeness (QED) is 0.716. The Kier molecular flexibility index (Phi) is 6.11. The maximum atomic E-state index is 13.7. The molecule has 0 aliphatic rings. The molecule has 5 nitrogen and oxygen atoms in total. The fourth-order valence-electron chi connectivity index (χ4n) is 2.73. The number of carbonyl (C=O) groups excluding carboxylic acids is 2. The molecule has 0 aliphatic heterocycles. The van der Waals surface area contributed by atoms with Gasteiger partial charge in [0.25, 0.3) is 11.8 Å². The minimum absolute atomic E-state index is 0.0605. The molecule has 0 saturated carbocycles. The summed E-state index contributed by atoms with van der Waals surface area (Å²) < 4.78 is 13.7. The number of nitrogens with one attached hydrogen (secondary N) is 1. The number of pyridine rings is 1. The van der Waals surface area contributed by atoms with Gasteiger partial charge < -0.3 is 10.2 Å².